The molecule has 0 saturated heterocycles. The predicted octanol–water partition coefficient (Wildman–Crippen LogP) is 3.06. The van der Waals surface area contributed by atoms with Gasteiger partial charge in [0.15, 0.2) is 0 Å². The Bertz CT molecular complexity index is 461. The summed E-state index contributed by atoms with van der Waals surface area (Å²) in [6.45, 7) is 7.87. The minimum Gasteiger partial charge on any atom is -0.335 e. The van der Waals surface area contributed by atoms with E-state index in [9.17, 15) is 4.79 Å². The summed E-state index contributed by atoms with van der Waals surface area (Å²) in [4.78, 5) is 11.7. The van der Waals surface area contributed by atoms with Gasteiger partial charge in [-0.05, 0) is 30.8 Å². The van der Waals surface area contributed by atoms with Gasteiger partial charge in [-0.15, -0.1) is 0 Å². The van der Waals surface area contributed by atoms with Crippen LogP contribution >= 0.6 is 11.5 Å². The van der Waals surface area contributed by atoms with Crippen molar-refractivity contribution in [2.45, 2.75) is 46.1 Å². The van der Waals surface area contributed by atoms with E-state index >= 15 is 0 Å². The Kier molecular flexibility index (Phi) is 5.10. The molecule has 1 rings (SSSR count). The first kappa shape index (κ1) is 14.5. The Balaban J connectivity index is 2.80. The van der Waals surface area contributed by atoms with Crippen LogP contribution in [0.3, 0.4) is 0 Å². The quantitative estimate of drug-likeness (QED) is 0.879. The molecule has 1 aromatic rings. The molecule has 5 nitrogen and oxygen atoms in total. The summed E-state index contributed by atoms with van der Waals surface area (Å²) in [6, 6.07) is 1.92. The van der Waals surface area contributed by atoms with Gasteiger partial charge in [0.2, 0.25) is 0 Å². The molecule has 0 bridgehead atoms. The highest BCUT2D eigenvalue weighted by Crippen LogP contribution is 2.28. The van der Waals surface area contributed by atoms with Gasteiger partial charge in [-0.2, -0.15) is 9.64 Å². The van der Waals surface area contributed by atoms with Crippen LogP contribution < -0.4 is 10.6 Å². The highest BCUT2D eigenvalue weighted by Gasteiger charge is 2.18. The van der Waals surface area contributed by atoms with Crippen LogP contribution in [0.2, 0.25) is 0 Å². The topological polar surface area (TPSA) is 77.8 Å². The highest BCUT2D eigenvalue weighted by atomic mass is 32.1. The molecule has 0 radical (unpaired) electrons. The van der Waals surface area contributed by atoms with Crippen LogP contribution in [0.15, 0.2) is 0 Å². The van der Waals surface area contributed by atoms with Crippen molar-refractivity contribution in [3.8, 4) is 6.07 Å². The van der Waals surface area contributed by atoms with Gasteiger partial charge in [0, 0.05) is 6.04 Å². The molecule has 0 aliphatic rings. The first-order chi connectivity index (χ1) is 8.49. The molecule has 0 aliphatic carbocycles. The van der Waals surface area contributed by atoms with Gasteiger partial charge in [0.1, 0.15) is 16.6 Å². The number of carbonyl (C=O) groups is 1. The zero-order valence-corrected chi connectivity index (χ0v) is 11.9. The summed E-state index contributed by atoms with van der Waals surface area (Å²) in [7, 11) is 0. The van der Waals surface area contributed by atoms with Crippen molar-refractivity contribution in [2.75, 3.05) is 5.32 Å². The Morgan fingerprint density at radius 2 is 2.17 bits per heavy atom. The SMILES string of the molecule is CCC(C)NC(=O)Nc1snc(C(C)C)c1C#N. The van der Waals surface area contributed by atoms with Crippen molar-refractivity contribution < 1.29 is 4.79 Å². The number of nitriles is 1. The first-order valence-corrected chi connectivity index (χ1v) is 6.74. The van der Waals surface area contributed by atoms with E-state index < -0.39 is 0 Å². The molecule has 0 fully saturated rings. The van der Waals surface area contributed by atoms with Gasteiger partial charge in [-0.1, -0.05) is 20.8 Å². The van der Waals surface area contributed by atoms with E-state index in [2.05, 4.69) is 21.1 Å². The molecule has 0 aromatic carbocycles. The molecule has 1 heterocycles. The number of nitrogens with one attached hydrogen (secondary N) is 2. The number of amides is 2. The maximum Gasteiger partial charge on any atom is 0.320 e. The number of aromatic nitrogens is 1. The zero-order valence-electron chi connectivity index (χ0n) is 11.1. The normalized spacial score (nSPS) is 12.0. The van der Waals surface area contributed by atoms with E-state index in [0.29, 0.717) is 10.6 Å². The number of hydrogen-bond acceptors (Lipinski definition) is 4. The Hall–Kier alpha value is -1.61. The molecule has 0 aliphatic heterocycles. The van der Waals surface area contributed by atoms with Crippen molar-refractivity contribution in [2.24, 2.45) is 0 Å². The Morgan fingerprint density at radius 1 is 1.50 bits per heavy atom. The van der Waals surface area contributed by atoms with E-state index in [4.69, 9.17) is 5.26 Å². The Labute approximate surface area is 111 Å². The van der Waals surface area contributed by atoms with Crippen LogP contribution in [0.4, 0.5) is 9.80 Å². The smallest absolute Gasteiger partial charge is 0.320 e. The number of anilines is 1. The average Bonchev–Trinajstić information content (AvgIpc) is 2.71. The van der Waals surface area contributed by atoms with Crippen LogP contribution in [0.25, 0.3) is 0 Å². The number of hydrogen-bond donors (Lipinski definition) is 2. The van der Waals surface area contributed by atoms with Crippen molar-refractivity contribution in [1.29, 1.82) is 5.26 Å². The third-order valence-corrected chi connectivity index (χ3v) is 3.37. The molecular weight excluding hydrogens is 248 g/mol. The van der Waals surface area contributed by atoms with Crippen molar-refractivity contribution >= 4 is 22.6 Å². The molecule has 2 N–H and O–H groups in total. The van der Waals surface area contributed by atoms with Crippen molar-refractivity contribution in [3.63, 3.8) is 0 Å². The lowest BCUT2D eigenvalue weighted by Crippen LogP contribution is -2.35. The van der Waals surface area contributed by atoms with Gasteiger partial charge in [0.05, 0.1) is 5.69 Å². The number of carbonyl (C=O) groups excluding carboxylic acids is 1. The fraction of sp³-hybridized carbons (Fsp3) is 0.583. The maximum atomic E-state index is 11.7. The van der Waals surface area contributed by atoms with Crippen LogP contribution in [0.5, 0.6) is 0 Å². The van der Waals surface area contributed by atoms with Crippen molar-refractivity contribution in [1.82, 2.24) is 9.69 Å². The minimum atomic E-state index is -0.292. The van der Waals surface area contributed by atoms with E-state index in [0.717, 1.165) is 23.6 Å². The van der Waals surface area contributed by atoms with E-state index in [1.807, 2.05) is 27.7 Å². The predicted molar refractivity (Wildman–Crippen MR) is 72.8 cm³/mol. The third kappa shape index (κ3) is 3.44. The summed E-state index contributed by atoms with van der Waals surface area (Å²) in [5.74, 6) is 0.170. The van der Waals surface area contributed by atoms with Gasteiger partial charge in [-0.3, -0.25) is 5.32 Å². The summed E-state index contributed by atoms with van der Waals surface area (Å²) in [6.07, 6.45) is 0.860. The molecule has 98 valence electrons. The average molecular weight is 266 g/mol. The number of rotatable bonds is 4. The van der Waals surface area contributed by atoms with Crippen LogP contribution in [0.1, 0.15) is 51.3 Å². The standard InChI is InChI=1S/C12H18N4OS/c1-5-8(4)14-12(17)15-11-9(6-13)10(7(2)3)16-18-11/h7-8H,5H2,1-4H3,(H2,14,15,17). The second-order valence-electron chi connectivity index (χ2n) is 4.45. The largest absolute Gasteiger partial charge is 0.335 e. The maximum absolute atomic E-state index is 11.7. The van der Waals surface area contributed by atoms with Crippen LogP contribution in [0, 0.1) is 11.3 Å². The minimum absolute atomic E-state index is 0.105. The highest BCUT2D eigenvalue weighted by molar-refractivity contribution is 7.10. The fourth-order valence-corrected chi connectivity index (χ4v) is 2.23. The van der Waals surface area contributed by atoms with Gasteiger partial charge in [0.25, 0.3) is 0 Å². The molecule has 1 unspecified atom stereocenters. The molecule has 6 heteroatoms. The summed E-state index contributed by atoms with van der Waals surface area (Å²) in [5.41, 5.74) is 1.20. The first-order valence-electron chi connectivity index (χ1n) is 5.96. The Morgan fingerprint density at radius 3 is 2.67 bits per heavy atom. The summed E-state index contributed by atoms with van der Waals surface area (Å²) in [5, 5.41) is 15.1. The van der Waals surface area contributed by atoms with Crippen molar-refractivity contribution in [3.05, 3.63) is 11.3 Å². The zero-order chi connectivity index (χ0) is 13.7. The number of urea groups is 1. The lowest BCUT2D eigenvalue weighted by molar-refractivity contribution is 0.249. The molecule has 2 amide bonds. The molecule has 0 saturated carbocycles. The van der Waals surface area contributed by atoms with Crippen LogP contribution in [-0.2, 0) is 0 Å². The molecular formula is C12H18N4OS. The molecule has 0 spiro atoms. The second-order valence-corrected chi connectivity index (χ2v) is 5.22. The molecule has 1 aromatic heterocycles. The van der Waals surface area contributed by atoms with E-state index in [1.165, 1.54) is 0 Å². The fourth-order valence-electron chi connectivity index (χ4n) is 1.35. The van der Waals surface area contributed by atoms with E-state index in [1.54, 1.807) is 0 Å². The summed E-state index contributed by atoms with van der Waals surface area (Å²) < 4.78 is 4.22. The van der Waals surface area contributed by atoms with Gasteiger partial charge >= 0.3 is 6.03 Å². The molecule has 1 atom stereocenters. The van der Waals surface area contributed by atoms with Gasteiger partial charge in [-0.25, -0.2) is 4.79 Å². The molecule has 18 heavy (non-hydrogen) atoms. The van der Waals surface area contributed by atoms with E-state index in [-0.39, 0.29) is 18.0 Å². The monoisotopic (exact) mass is 266 g/mol. The second kappa shape index (κ2) is 6.36. The van der Waals surface area contributed by atoms with Crippen LogP contribution in [-0.4, -0.2) is 16.4 Å². The lowest BCUT2D eigenvalue weighted by atomic mass is 10.1. The lowest BCUT2D eigenvalue weighted by Gasteiger charge is -2.11. The third-order valence-electron chi connectivity index (χ3n) is 2.59. The number of nitrogens with zero attached hydrogens (tertiary/aromatic N) is 2. The summed E-state index contributed by atoms with van der Waals surface area (Å²) >= 11 is 1.15. The van der Waals surface area contributed by atoms with Gasteiger partial charge < -0.3 is 5.32 Å².